The molecule has 0 atom stereocenters. The zero-order valence-corrected chi connectivity index (χ0v) is 19.2. The van der Waals surface area contributed by atoms with Crippen molar-refractivity contribution in [2.24, 2.45) is 0 Å². The van der Waals surface area contributed by atoms with Gasteiger partial charge in [0, 0.05) is 18.3 Å². The van der Waals surface area contributed by atoms with E-state index in [1.807, 2.05) is 82.3 Å². The first-order valence-electron chi connectivity index (χ1n) is 10.8. The van der Waals surface area contributed by atoms with Crippen molar-refractivity contribution < 1.29 is 14.0 Å². The highest BCUT2D eigenvalue weighted by molar-refractivity contribution is 5.93. The number of nitrogens with zero attached hydrogens (tertiary/aromatic N) is 2. The van der Waals surface area contributed by atoms with Crippen LogP contribution in [0.5, 0.6) is 0 Å². The Labute approximate surface area is 189 Å². The molecule has 1 aromatic heterocycles. The maximum atomic E-state index is 13.3. The van der Waals surface area contributed by atoms with Gasteiger partial charge in [0.05, 0.1) is 12.8 Å². The van der Waals surface area contributed by atoms with Gasteiger partial charge in [0.1, 0.15) is 12.3 Å². The highest BCUT2D eigenvalue weighted by atomic mass is 16.3. The molecule has 6 nitrogen and oxygen atoms in total. The molecule has 3 aromatic rings. The first-order chi connectivity index (χ1) is 15.3. The maximum Gasteiger partial charge on any atom is 0.322 e. The van der Waals surface area contributed by atoms with Gasteiger partial charge in [-0.2, -0.15) is 0 Å². The lowest BCUT2D eigenvalue weighted by Gasteiger charge is -2.30. The number of urea groups is 1. The second-order valence-electron chi connectivity index (χ2n) is 8.21. The Morgan fingerprint density at radius 1 is 0.938 bits per heavy atom. The molecule has 2 aromatic carbocycles. The van der Waals surface area contributed by atoms with Crippen molar-refractivity contribution in [3.8, 4) is 0 Å². The van der Waals surface area contributed by atoms with Gasteiger partial charge in [-0.1, -0.05) is 42.5 Å². The number of nitrogens with one attached hydrogen (secondary N) is 1. The number of furan rings is 1. The van der Waals surface area contributed by atoms with Crippen LogP contribution in [0.1, 0.15) is 36.3 Å². The van der Waals surface area contributed by atoms with Crippen molar-refractivity contribution in [1.82, 2.24) is 9.80 Å². The molecule has 6 heteroatoms. The molecule has 0 saturated heterocycles. The molecule has 0 saturated carbocycles. The molecule has 0 aliphatic carbocycles. The number of aryl methyl sites for hydroxylation is 1. The van der Waals surface area contributed by atoms with E-state index in [4.69, 9.17) is 4.42 Å². The van der Waals surface area contributed by atoms with Gasteiger partial charge in [0.2, 0.25) is 5.91 Å². The summed E-state index contributed by atoms with van der Waals surface area (Å²) in [7, 11) is 0. The van der Waals surface area contributed by atoms with E-state index in [2.05, 4.69) is 5.32 Å². The molecule has 0 fully saturated rings. The van der Waals surface area contributed by atoms with E-state index < -0.39 is 0 Å². The van der Waals surface area contributed by atoms with Crippen LogP contribution < -0.4 is 5.32 Å². The van der Waals surface area contributed by atoms with E-state index in [-0.39, 0.29) is 24.5 Å². The Bertz CT molecular complexity index is 1030. The largest absolute Gasteiger partial charge is 0.467 e. The fourth-order valence-electron chi connectivity index (χ4n) is 3.43. The SMILES string of the molecule is Cc1cccc(NC(=O)N(CC(=O)N(Cc2ccccc2)Cc2ccco2)C(C)C)c1C. The molecule has 0 aliphatic rings. The lowest BCUT2D eigenvalue weighted by Crippen LogP contribution is -2.47. The van der Waals surface area contributed by atoms with E-state index in [0.29, 0.717) is 18.8 Å². The summed E-state index contributed by atoms with van der Waals surface area (Å²) in [6, 6.07) is 18.8. The van der Waals surface area contributed by atoms with Crippen LogP contribution in [0.15, 0.2) is 71.3 Å². The number of carbonyl (C=O) groups excluding carboxylic acids is 2. The van der Waals surface area contributed by atoms with E-state index in [0.717, 1.165) is 22.4 Å². The van der Waals surface area contributed by atoms with E-state index in [9.17, 15) is 9.59 Å². The van der Waals surface area contributed by atoms with Crippen LogP contribution in [0, 0.1) is 13.8 Å². The Morgan fingerprint density at radius 3 is 2.34 bits per heavy atom. The van der Waals surface area contributed by atoms with Crippen LogP contribution in [-0.4, -0.2) is 34.3 Å². The zero-order chi connectivity index (χ0) is 23.1. The van der Waals surface area contributed by atoms with Gasteiger partial charge in [-0.25, -0.2) is 4.79 Å². The highest BCUT2D eigenvalue weighted by Crippen LogP contribution is 2.19. The Morgan fingerprint density at radius 2 is 1.69 bits per heavy atom. The van der Waals surface area contributed by atoms with Gasteiger partial charge in [-0.15, -0.1) is 0 Å². The van der Waals surface area contributed by atoms with Crippen molar-refractivity contribution in [2.45, 2.75) is 46.8 Å². The highest BCUT2D eigenvalue weighted by Gasteiger charge is 2.25. The maximum absolute atomic E-state index is 13.3. The number of benzene rings is 2. The van der Waals surface area contributed by atoms with Crippen molar-refractivity contribution in [3.63, 3.8) is 0 Å². The molecule has 0 aliphatic heterocycles. The van der Waals surface area contributed by atoms with Crippen LogP contribution in [0.4, 0.5) is 10.5 Å². The normalized spacial score (nSPS) is 10.8. The summed E-state index contributed by atoms with van der Waals surface area (Å²) in [5, 5.41) is 2.97. The van der Waals surface area contributed by atoms with E-state index >= 15 is 0 Å². The number of carbonyl (C=O) groups is 2. The topological polar surface area (TPSA) is 65.8 Å². The summed E-state index contributed by atoms with van der Waals surface area (Å²) >= 11 is 0. The van der Waals surface area contributed by atoms with Crippen LogP contribution in [-0.2, 0) is 17.9 Å². The first kappa shape index (κ1) is 23.1. The van der Waals surface area contributed by atoms with Crippen LogP contribution >= 0.6 is 0 Å². The van der Waals surface area contributed by atoms with Crippen molar-refractivity contribution in [1.29, 1.82) is 0 Å². The molecule has 3 amide bonds. The molecule has 0 bridgehead atoms. The standard InChI is InChI=1S/C26H31N3O3/c1-19(2)29(26(31)27-24-14-8-10-20(3)21(24)4)18-25(30)28(17-23-13-9-15-32-23)16-22-11-6-5-7-12-22/h5-15,19H,16-18H2,1-4H3,(H,27,31). The fraction of sp³-hybridized carbons (Fsp3) is 0.308. The minimum Gasteiger partial charge on any atom is -0.467 e. The number of rotatable bonds is 8. The zero-order valence-electron chi connectivity index (χ0n) is 19.2. The van der Waals surface area contributed by atoms with Crippen molar-refractivity contribution >= 4 is 17.6 Å². The van der Waals surface area contributed by atoms with Gasteiger partial charge in [-0.3, -0.25) is 4.79 Å². The van der Waals surface area contributed by atoms with Crippen LogP contribution in [0.2, 0.25) is 0 Å². The van der Waals surface area contributed by atoms with Gasteiger partial charge in [0.25, 0.3) is 0 Å². The minimum atomic E-state index is -0.292. The van der Waals surface area contributed by atoms with Crippen LogP contribution in [0.25, 0.3) is 0 Å². The van der Waals surface area contributed by atoms with Gasteiger partial charge >= 0.3 is 6.03 Å². The van der Waals surface area contributed by atoms with E-state index in [1.54, 1.807) is 22.1 Å². The average molecular weight is 434 g/mol. The number of hydrogen-bond acceptors (Lipinski definition) is 3. The van der Waals surface area contributed by atoms with Crippen molar-refractivity contribution in [3.05, 3.63) is 89.4 Å². The Hall–Kier alpha value is -3.54. The van der Waals surface area contributed by atoms with Crippen molar-refractivity contribution in [2.75, 3.05) is 11.9 Å². The minimum absolute atomic E-state index is 0.0259. The Balaban J connectivity index is 1.76. The smallest absolute Gasteiger partial charge is 0.322 e. The van der Waals surface area contributed by atoms with Crippen LogP contribution in [0.3, 0.4) is 0 Å². The predicted molar refractivity (Wildman–Crippen MR) is 126 cm³/mol. The monoisotopic (exact) mass is 433 g/mol. The summed E-state index contributed by atoms with van der Waals surface area (Å²) in [5.41, 5.74) is 3.88. The summed E-state index contributed by atoms with van der Waals surface area (Å²) in [5.74, 6) is 0.556. The molecule has 0 radical (unpaired) electrons. The fourth-order valence-corrected chi connectivity index (χ4v) is 3.43. The van der Waals surface area contributed by atoms with Gasteiger partial charge < -0.3 is 19.5 Å². The second-order valence-corrected chi connectivity index (χ2v) is 8.21. The lowest BCUT2D eigenvalue weighted by molar-refractivity contribution is -0.133. The molecule has 32 heavy (non-hydrogen) atoms. The first-order valence-corrected chi connectivity index (χ1v) is 10.8. The molecule has 1 heterocycles. The Kier molecular flexibility index (Phi) is 7.71. The molecule has 3 rings (SSSR count). The average Bonchev–Trinajstić information content (AvgIpc) is 3.28. The summed E-state index contributed by atoms with van der Waals surface area (Å²) < 4.78 is 5.47. The molecule has 0 unspecified atom stereocenters. The molecular weight excluding hydrogens is 402 g/mol. The molecule has 168 valence electrons. The third kappa shape index (κ3) is 6.00. The quantitative estimate of drug-likeness (QED) is 0.519. The molecule has 0 spiro atoms. The molecular formula is C26H31N3O3. The molecule has 1 N–H and O–H groups in total. The second kappa shape index (κ2) is 10.7. The summed E-state index contributed by atoms with van der Waals surface area (Å²) in [6.45, 7) is 8.54. The van der Waals surface area contributed by atoms with Gasteiger partial charge in [0.15, 0.2) is 0 Å². The van der Waals surface area contributed by atoms with E-state index in [1.165, 1.54) is 0 Å². The summed E-state index contributed by atoms with van der Waals surface area (Å²) in [4.78, 5) is 29.7. The summed E-state index contributed by atoms with van der Waals surface area (Å²) in [6.07, 6.45) is 1.60. The third-order valence-electron chi connectivity index (χ3n) is 5.53. The lowest BCUT2D eigenvalue weighted by atomic mass is 10.1. The number of anilines is 1. The predicted octanol–water partition coefficient (Wildman–Crippen LogP) is 5.37. The van der Waals surface area contributed by atoms with Gasteiger partial charge in [-0.05, 0) is 62.6 Å². The number of amides is 3. The number of hydrogen-bond donors (Lipinski definition) is 1. The third-order valence-corrected chi connectivity index (χ3v) is 5.53.